The van der Waals surface area contributed by atoms with Crippen LogP contribution in [0.2, 0.25) is 0 Å². The van der Waals surface area contributed by atoms with Crippen molar-refractivity contribution >= 4 is 11.8 Å². The Bertz CT molecular complexity index is 847. The first kappa shape index (κ1) is 17.5. The Morgan fingerprint density at radius 3 is 2.52 bits per heavy atom. The van der Waals surface area contributed by atoms with Crippen molar-refractivity contribution in [2.24, 2.45) is 11.8 Å². The van der Waals surface area contributed by atoms with Gasteiger partial charge in [0.25, 0.3) is 0 Å². The van der Waals surface area contributed by atoms with Crippen LogP contribution < -0.4 is 10.2 Å². The zero-order chi connectivity index (χ0) is 19.0. The summed E-state index contributed by atoms with van der Waals surface area (Å²) in [6.45, 7) is 11.5. The minimum Gasteiger partial charge on any atom is -0.356 e. The molecule has 8 nitrogen and oxygen atoms in total. The summed E-state index contributed by atoms with van der Waals surface area (Å²) in [4.78, 5) is 25.2. The maximum atomic E-state index is 12.1. The van der Waals surface area contributed by atoms with Gasteiger partial charge >= 0.3 is 6.03 Å². The van der Waals surface area contributed by atoms with Crippen LogP contribution in [0.4, 0.5) is 10.6 Å². The number of carbonyl (C=O) groups is 1. The van der Waals surface area contributed by atoms with Gasteiger partial charge in [0.15, 0.2) is 5.82 Å². The molecule has 2 saturated heterocycles. The van der Waals surface area contributed by atoms with Gasteiger partial charge in [-0.3, -0.25) is 0 Å². The lowest BCUT2D eigenvalue weighted by molar-refractivity contribution is 0.207. The van der Waals surface area contributed by atoms with Crippen molar-refractivity contribution in [2.45, 2.75) is 13.8 Å². The summed E-state index contributed by atoms with van der Waals surface area (Å²) in [6, 6.07) is 4.04. The molecule has 142 valence electrons. The smallest absolute Gasteiger partial charge is 0.317 e. The van der Waals surface area contributed by atoms with Crippen LogP contribution in [0.3, 0.4) is 0 Å². The van der Waals surface area contributed by atoms with Gasteiger partial charge in [-0.15, -0.1) is 6.58 Å². The molecular formula is C19H25N7O. The van der Waals surface area contributed by atoms with E-state index in [0.29, 0.717) is 18.4 Å². The molecule has 2 aliphatic heterocycles. The summed E-state index contributed by atoms with van der Waals surface area (Å²) in [5.74, 6) is 2.66. The van der Waals surface area contributed by atoms with Gasteiger partial charge in [-0.05, 0) is 19.9 Å². The van der Waals surface area contributed by atoms with Gasteiger partial charge in [0.05, 0.1) is 5.69 Å². The Hall–Kier alpha value is -2.90. The van der Waals surface area contributed by atoms with Gasteiger partial charge < -0.3 is 15.1 Å². The van der Waals surface area contributed by atoms with Crippen molar-refractivity contribution in [3.8, 4) is 5.82 Å². The molecule has 0 aliphatic carbocycles. The highest BCUT2D eigenvalue weighted by Gasteiger charge is 2.42. The van der Waals surface area contributed by atoms with Crippen molar-refractivity contribution in [1.29, 1.82) is 0 Å². The van der Waals surface area contributed by atoms with Crippen molar-refractivity contribution in [3.63, 3.8) is 0 Å². The van der Waals surface area contributed by atoms with E-state index < -0.39 is 0 Å². The van der Waals surface area contributed by atoms with Crippen LogP contribution >= 0.6 is 0 Å². The molecule has 1 N–H and O–H groups in total. The van der Waals surface area contributed by atoms with E-state index in [9.17, 15) is 4.79 Å². The maximum absolute atomic E-state index is 12.1. The summed E-state index contributed by atoms with van der Waals surface area (Å²) < 4.78 is 1.85. The fourth-order valence-corrected chi connectivity index (χ4v) is 4.10. The number of hydrogen-bond acceptors (Lipinski definition) is 5. The number of nitrogens with zero attached hydrogens (tertiary/aromatic N) is 6. The van der Waals surface area contributed by atoms with Crippen LogP contribution in [-0.2, 0) is 0 Å². The van der Waals surface area contributed by atoms with E-state index in [1.54, 1.807) is 12.4 Å². The summed E-state index contributed by atoms with van der Waals surface area (Å²) in [5, 5.41) is 7.37. The van der Waals surface area contributed by atoms with Gasteiger partial charge in [0, 0.05) is 56.3 Å². The Kier molecular flexibility index (Phi) is 4.55. The number of rotatable bonds is 4. The summed E-state index contributed by atoms with van der Waals surface area (Å²) >= 11 is 0. The number of anilines is 1. The number of amides is 2. The minimum atomic E-state index is 0.00435. The number of urea groups is 1. The molecule has 27 heavy (non-hydrogen) atoms. The molecule has 4 heterocycles. The topological polar surface area (TPSA) is 79.2 Å². The second kappa shape index (κ2) is 7.02. The van der Waals surface area contributed by atoms with E-state index >= 15 is 0 Å². The van der Waals surface area contributed by atoms with Gasteiger partial charge in [-0.25, -0.2) is 19.4 Å². The number of likely N-dealkylation sites (tertiary alicyclic amines) is 1. The molecule has 2 amide bonds. The largest absolute Gasteiger partial charge is 0.356 e. The van der Waals surface area contributed by atoms with Crippen molar-refractivity contribution in [3.05, 3.63) is 42.5 Å². The van der Waals surface area contributed by atoms with Gasteiger partial charge in [0.1, 0.15) is 12.1 Å². The number of aromatic nitrogens is 4. The van der Waals surface area contributed by atoms with Gasteiger partial charge in [-0.1, -0.05) is 6.08 Å². The van der Waals surface area contributed by atoms with Gasteiger partial charge in [-0.2, -0.15) is 5.10 Å². The van der Waals surface area contributed by atoms with Crippen molar-refractivity contribution in [1.82, 2.24) is 30.0 Å². The Morgan fingerprint density at radius 2 is 1.89 bits per heavy atom. The Balaban J connectivity index is 1.44. The van der Waals surface area contributed by atoms with Gasteiger partial charge in [0.2, 0.25) is 0 Å². The average Bonchev–Trinajstić information content (AvgIpc) is 3.32. The Labute approximate surface area is 158 Å². The highest BCUT2D eigenvalue weighted by Crippen LogP contribution is 2.33. The van der Waals surface area contributed by atoms with E-state index in [1.165, 1.54) is 0 Å². The predicted molar refractivity (Wildman–Crippen MR) is 103 cm³/mol. The van der Waals surface area contributed by atoms with Crippen molar-refractivity contribution < 1.29 is 4.79 Å². The zero-order valence-electron chi connectivity index (χ0n) is 15.8. The van der Waals surface area contributed by atoms with E-state index in [-0.39, 0.29) is 6.03 Å². The molecule has 0 radical (unpaired) electrons. The first-order valence-corrected chi connectivity index (χ1v) is 9.29. The second-order valence-electron chi connectivity index (χ2n) is 7.38. The predicted octanol–water partition coefficient (Wildman–Crippen LogP) is 1.54. The fraction of sp³-hybridized carbons (Fsp3) is 0.474. The molecule has 0 saturated carbocycles. The summed E-state index contributed by atoms with van der Waals surface area (Å²) in [5.41, 5.74) is 2.02. The third-order valence-corrected chi connectivity index (χ3v) is 5.36. The summed E-state index contributed by atoms with van der Waals surface area (Å²) in [6.07, 6.45) is 3.30. The average molecular weight is 367 g/mol. The van der Waals surface area contributed by atoms with E-state index in [1.807, 2.05) is 35.6 Å². The number of nitrogens with one attached hydrogen (secondary N) is 1. The minimum absolute atomic E-state index is 0.00435. The Morgan fingerprint density at radius 1 is 1.19 bits per heavy atom. The lowest BCUT2D eigenvalue weighted by Crippen LogP contribution is -2.40. The molecule has 0 bridgehead atoms. The quantitative estimate of drug-likeness (QED) is 0.830. The molecule has 4 rings (SSSR count). The molecule has 2 aliphatic rings. The van der Waals surface area contributed by atoms with Crippen LogP contribution in [0.5, 0.6) is 0 Å². The molecule has 2 atom stereocenters. The number of aryl methyl sites for hydroxylation is 2. The molecule has 0 aromatic carbocycles. The van der Waals surface area contributed by atoms with E-state index in [4.69, 9.17) is 0 Å². The molecule has 0 spiro atoms. The standard InChI is InChI=1S/C19H25N7O/c1-4-5-20-19(27)25-10-15-8-24(9-16(15)11-25)17-7-18(22-12-21-17)26-14(3)6-13(2)23-26/h4,6-7,12,15-16H,1,5,8-11H2,2-3H3,(H,20,27). The fourth-order valence-electron chi connectivity index (χ4n) is 4.10. The first-order chi connectivity index (χ1) is 13.0. The van der Waals surface area contributed by atoms with Crippen LogP contribution in [0.15, 0.2) is 31.1 Å². The molecule has 2 aromatic heterocycles. The van der Waals surface area contributed by atoms with E-state index in [0.717, 1.165) is 49.2 Å². The number of carbonyl (C=O) groups excluding carboxylic acids is 1. The van der Waals surface area contributed by atoms with Crippen molar-refractivity contribution in [2.75, 3.05) is 37.6 Å². The van der Waals surface area contributed by atoms with Crippen LogP contribution in [0.25, 0.3) is 5.82 Å². The van der Waals surface area contributed by atoms with E-state index in [2.05, 4.69) is 31.9 Å². The zero-order valence-corrected chi connectivity index (χ0v) is 15.8. The lowest BCUT2D eigenvalue weighted by Gasteiger charge is -2.22. The third kappa shape index (κ3) is 3.39. The molecule has 2 fully saturated rings. The second-order valence-corrected chi connectivity index (χ2v) is 7.38. The molecule has 8 heteroatoms. The molecular weight excluding hydrogens is 342 g/mol. The van der Waals surface area contributed by atoms with Crippen LogP contribution in [0, 0.1) is 25.7 Å². The normalized spacial score (nSPS) is 21.4. The number of fused-ring (bicyclic) bond motifs is 1. The first-order valence-electron chi connectivity index (χ1n) is 9.29. The highest BCUT2D eigenvalue weighted by molar-refractivity contribution is 5.74. The van der Waals surface area contributed by atoms with Crippen LogP contribution in [0.1, 0.15) is 11.4 Å². The highest BCUT2D eigenvalue weighted by atomic mass is 16.2. The van der Waals surface area contributed by atoms with Crippen LogP contribution in [-0.4, -0.2) is 63.4 Å². The monoisotopic (exact) mass is 367 g/mol. The summed E-state index contributed by atoms with van der Waals surface area (Å²) in [7, 11) is 0. The molecule has 2 aromatic rings. The third-order valence-electron chi connectivity index (χ3n) is 5.36. The lowest BCUT2D eigenvalue weighted by atomic mass is 10.0. The molecule has 2 unspecified atom stereocenters. The maximum Gasteiger partial charge on any atom is 0.317 e. The SMILES string of the molecule is C=CCNC(=O)N1CC2CN(c3cc(-n4nc(C)cc4C)ncn3)CC2C1. The number of hydrogen-bond donors (Lipinski definition) is 1.